The molecule has 0 aliphatic carbocycles. The van der Waals surface area contributed by atoms with Crippen LogP contribution in [0.15, 0.2) is 83.3 Å². The fourth-order valence-corrected chi connectivity index (χ4v) is 4.00. The van der Waals surface area contributed by atoms with E-state index < -0.39 is 0 Å². The first-order valence-electron chi connectivity index (χ1n) is 9.03. The van der Waals surface area contributed by atoms with Crippen LogP contribution >= 0.6 is 0 Å². The Bertz CT molecular complexity index is 1470. The molecule has 6 aromatic rings. The fourth-order valence-electron chi connectivity index (χ4n) is 4.00. The summed E-state index contributed by atoms with van der Waals surface area (Å²) in [5.41, 5.74) is 5.02. The maximum atomic E-state index is 6.40. The van der Waals surface area contributed by atoms with E-state index >= 15 is 0 Å². The largest absolute Gasteiger partial charge is 0.462 e. The number of nitrogens with zero attached hydrogens (tertiary/aromatic N) is 2. The summed E-state index contributed by atoms with van der Waals surface area (Å²) in [6.07, 6.45) is 3.41. The summed E-state index contributed by atoms with van der Waals surface area (Å²) in [5, 5.41) is 4.70. The number of aromatic nitrogens is 2. The van der Waals surface area contributed by atoms with Gasteiger partial charge in [0.15, 0.2) is 0 Å². The van der Waals surface area contributed by atoms with E-state index in [1.54, 1.807) is 0 Å². The van der Waals surface area contributed by atoms with E-state index in [9.17, 15) is 0 Å². The zero-order valence-electron chi connectivity index (χ0n) is 14.8. The Kier molecular flexibility index (Phi) is 2.81. The predicted octanol–water partition coefficient (Wildman–Crippen LogP) is 5.31. The Labute approximate surface area is 155 Å². The van der Waals surface area contributed by atoms with Gasteiger partial charge in [0, 0.05) is 10.8 Å². The number of imidazole rings is 1. The molecule has 0 fully saturated rings. The normalized spacial score (nSPS) is 11.9. The van der Waals surface area contributed by atoms with Crippen LogP contribution in [0.2, 0.25) is 0 Å². The fraction of sp³-hybridized carbons (Fsp3) is 0.0417. The highest BCUT2D eigenvalue weighted by molar-refractivity contribution is 6.15. The van der Waals surface area contributed by atoms with Crippen molar-refractivity contribution in [3.8, 4) is 5.69 Å². The van der Waals surface area contributed by atoms with E-state index in [1.807, 2.05) is 29.8 Å². The highest BCUT2D eigenvalue weighted by Gasteiger charge is 2.16. The van der Waals surface area contributed by atoms with Gasteiger partial charge in [0.05, 0.1) is 23.8 Å². The molecule has 2 heterocycles. The van der Waals surface area contributed by atoms with E-state index in [0.29, 0.717) is 0 Å². The molecule has 0 saturated carbocycles. The van der Waals surface area contributed by atoms with Crippen molar-refractivity contribution >= 4 is 43.7 Å². The highest BCUT2D eigenvalue weighted by atomic mass is 16.3. The van der Waals surface area contributed by atoms with Gasteiger partial charge < -0.3 is 13.6 Å². The molecule has 0 radical (unpaired) electrons. The molecule has 0 N–H and O–H groups in total. The molecule has 0 bridgehead atoms. The van der Waals surface area contributed by atoms with Gasteiger partial charge in [-0.15, -0.1) is 0 Å². The predicted molar refractivity (Wildman–Crippen MR) is 108 cm³/mol. The van der Waals surface area contributed by atoms with E-state index in [2.05, 4.69) is 71.6 Å². The van der Waals surface area contributed by atoms with Crippen LogP contribution < -0.4 is 4.57 Å². The smallest absolute Gasteiger partial charge is 0.244 e. The Hall–Kier alpha value is -3.59. The molecule has 0 aliphatic heterocycles. The van der Waals surface area contributed by atoms with Crippen LogP contribution in [0.25, 0.3) is 49.4 Å². The third kappa shape index (κ3) is 1.99. The molecule has 128 valence electrons. The zero-order chi connectivity index (χ0) is 18.0. The molecule has 0 aliphatic rings. The van der Waals surface area contributed by atoms with Gasteiger partial charge in [-0.05, 0) is 22.9 Å². The number of hydrogen-bond acceptors (Lipinski definition) is 1. The van der Waals surface area contributed by atoms with Crippen molar-refractivity contribution in [3.63, 3.8) is 0 Å². The number of benzene rings is 4. The van der Waals surface area contributed by atoms with Gasteiger partial charge in [0.1, 0.15) is 11.2 Å². The minimum Gasteiger partial charge on any atom is -0.462 e. The SMILES string of the molecule is C[n+]1[c-]n(-c2ccccc2)c2c3oc4cc5ccccc5cc4c3ccc21. The molecule has 4 aromatic carbocycles. The monoisotopic (exact) mass is 348 g/mol. The first-order valence-corrected chi connectivity index (χ1v) is 9.03. The number of aryl methyl sites for hydroxylation is 1. The Morgan fingerprint density at radius 2 is 1.56 bits per heavy atom. The molecule has 0 spiro atoms. The molecule has 0 amide bonds. The third-order valence-corrected chi connectivity index (χ3v) is 5.31. The summed E-state index contributed by atoms with van der Waals surface area (Å²) in [4.78, 5) is 0. The summed E-state index contributed by atoms with van der Waals surface area (Å²) in [5.74, 6) is 0. The Morgan fingerprint density at radius 1 is 0.815 bits per heavy atom. The molecule has 0 saturated heterocycles. The minimum absolute atomic E-state index is 0.901. The number of rotatable bonds is 1. The molecule has 27 heavy (non-hydrogen) atoms. The van der Waals surface area contributed by atoms with Crippen LogP contribution in [-0.2, 0) is 7.05 Å². The van der Waals surface area contributed by atoms with E-state index in [-0.39, 0.29) is 0 Å². The van der Waals surface area contributed by atoms with Gasteiger partial charge in [-0.1, -0.05) is 66.7 Å². The number of fused-ring (bicyclic) bond motifs is 6. The Morgan fingerprint density at radius 3 is 2.37 bits per heavy atom. The van der Waals surface area contributed by atoms with Crippen LogP contribution in [0, 0.1) is 6.33 Å². The lowest BCUT2D eigenvalue weighted by Gasteiger charge is -2.04. The number of para-hydroxylation sites is 1. The summed E-state index contributed by atoms with van der Waals surface area (Å²) < 4.78 is 10.5. The second-order valence-corrected chi connectivity index (χ2v) is 6.94. The molecule has 0 atom stereocenters. The van der Waals surface area contributed by atoms with Crippen LogP contribution in [0.1, 0.15) is 0 Å². The molecular weight excluding hydrogens is 332 g/mol. The van der Waals surface area contributed by atoms with Crippen molar-refractivity contribution in [3.05, 3.63) is 85.2 Å². The molecular formula is C24H16N2O. The average Bonchev–Trinajstić information content (AvgIpc) is 3.24. The van der Waals surface area contributed by atoms with Crippen LogP contribution in [0.5, 0.6) is 0 Å². The molecule has 3 heteroatoms. The minimum atomic E-state index is 0.901. The van der Waals surface area contributed by atoms with Gasteiger partial charge in [0.25, 0.3) is 0 Å². The first kappa shape index (κ1) is 14.6. The standard InChI is InChI=1S/C24H16N2O/c1-25-15-26(18-9-3-2-4-10-18)23-21(25)12-11-19-20-13-16-7-5-6-8-17(16)14-22(20)27-24(19)23/h2-14H,1H3. The van der Waals surface area contributed by atoms with Gasteiger partial charge in [0.2, 0.25) is 6.33 Å². The maximum absolute atomic E-state index is 6.40. The quantitative estimate of drug-likeness (QED) is 0.292. The van der Waals surface area contributed by atoms with Crippen LogP contribution in [-0.4, -0.2) is 4.57 Å². The van der Waals surface area contributed by atoms with Gasteiger partial charge in [-0.3, -0.25) is 0 Å². The van der Waals surface area contributed by atoms with Gasteiger partial charge in [-0.2, -0.15) is 0 Å². The second-order valence-electron chi connectivity index (χ2n) is 6.94. The van der Waals surface area contributed by atoms with E-state index in [0.717, 1.165) is 38.7 Å². The molecule has 0 unspecified atom stereocenters. The lowest BCUT2D eigenvalue weighted by molar-refractivity contribution is -0.649. The summed E-state index contributed by atoms with van der Waals surface area (Å²) in [6.45, 7) is 0. The summed E-state index contributed by atoms with van der Waals surface area (Å²) in [7, 11) is 2.02. The maximum Gasteiger partial charge on any atom is 0.244 e. The molecule has 6 rings (SSSR count). The van der Waals surface area contributed by atoms with Crippen molar-refractivity contribution in [2.45, 2.75) is 0 Å². The van der Waals surface area contributed by atoms with Crippen LogP contribution in [0.4, 0.5) is 0 Å². The first-order chi connectivity index (χ1) is 13.3. The van der Waals surface area contributed by atoms with E-state index in [4.69, 9.17) is 4.42 Å². The molecule has 2 aromatic heterocycles. The van der Waals surface area contributed by atoms with Gasteiger partial charge >= 0.3 is 0 Å². The number of hydrogen-bond donors (Lipinski definition) is 0. The Balaban J connectivity index is 1.80. The topological polar surface area (TPSA) is 21.9 Å². The van der Waals surface area contributed by atoms with Crippen molar-refractivity contribution in [2.24, 2.45) is 7.05 Å². The zero-order valence-corrected chi connectivity index (χ0v) is 14.8. The third-order valence-electron chi connectivity index (χ3n) is 5.31. The van der Waals surface area contributed by atoms with Crippen molar-refractivity contribution in [1.29, 1.82) is 0 Å². The average molecular weight is 348 g/mol. The van der Waals surface area contributed by atoms with E-state index in [1.165, 1.54) is 10.8 Å². The van der Waals surface area contributed by atoms with Crippen molar-refractivity contribution in [2.75, 3.05) is 0 Å². The van der Waals surface area contributed by atoms with Gasteiger partial charge in [-0.25, -0.2) is 0 Å². The summed E-state index contributed by atoms with van der Waals surface area (Å²) >= 11 is 0. The highest BCUT2D eigenvalue weighted by Crippen LogP contribution is 2.36. The van der Waals surface area contributed by atoms with Crippen molar-refractivity contribution < 1.29 is 8.98 Å². The molecule has 3 nitrogen and oxygen atoms in total. The lowest BCUT2D eigenvalue weighted by atomic mass is 10.1. The second kappa shape index (κ2) is 5.21. The van der Waals surface area contributed by atoms with Crippen molar-refractivity contribution in [1.82, 2.24) is 4.57 Å². The van der Waals surface area contributed by atoms with Crippen LogP contribution in [0.3, 0.4) is 0 Å². The number of furan rings is 1. The lowest BCUT2D eigenvalue weighted by Crippen LogP contribution is -2.26. The summed E-state index contributed by atoms with van der Waals surface area (Å²) in [6, 6.07) is 27.4.